The number of carbonyl (C=O) groups is 2. The third kappa shape index (κ3) is 8.31. The first-order chi connectivity index (χ1) is 23.2. The number of carbonyl (C=O) groups excluding carboxylic acids is 2. The van der Waals surface area contributed by atoms with Crippen LogP contribution in [0.1, 0.15) is 51.3 Å². The fourth-order valence-corrected chi connectivity index (χ4v) is 5.05. The highest BCUT2D eigenvalue weighted by Gasteiger charge is 2.35. The van der Waals surface area contributed by atoms with Crippen molar-refractivity contribution in [3.8, 4) is 11.9 Å². The average Bonchev–Trinajstić information content (AvgIpc) is 3.62. The molecular weight excluding hydrogens is 626 g/mol. The van der Waals surface area contributed by atoms with Crippen LogP contribution in [0.5, 0.6) is 5.88 Å². The zero-order valence-corrected chi connectivity index (χ0v) is 28.3. The molecule has 0 saturated heterocycles. The first kappa shape index (κ1) is 34.4. The van der Waals surface area contributed by atoms with Crippen molar-refractivity contribution < 1.29 is 23.8 Å². The van der Waals surface area contributed by atoms with Gasteiger partial charge in [0.15, 0.2) is 11.2 Å². The summed E-state index contributed by atoms with van der Waals surface area (Å²) in [4.78, 5) is 46.9. The molecule has 14 nitrogen and oxygen atoms in total. The van der Waals surface area contributed by atoms with Crippen LogP contribution in [-0.2, 0) is 32.8 Å². The van der Waals surface area contributed by atoms with E-state index in [1.54, 1.807) is 20.8 Å². The highest BCUT2D eigenvalue weighted by molar-refractivity contribution is 6.12. The van der Waals surface area contributed by atoms with Gasteiger partial charge in [-0.25, -0.2) is 14.6 Å². The van der Waals surface area contributed by atoms with E-state index >= 15 is 0 Å². The van der Waals surface area contributed by atoms with Crippen molar-refractivity contribution in [1.82, 2.24) is 25.3 Å². The highest BCUT2D eigenvalue weighted by atomic mass is 16.6. The molecule has 254 valence electrons. The van der Waals surface area contributed by atoms with Crippen LogP contribution in [0.15, 0.2) is 65.4 Å². The average molecular weight is 666 g/mol. The zero-order valence-electron chi connectivity index (χ0n) is 28.3. The van der Waals surface area contributed by atoms with E-state index < -0.39 is 23.1 Å². The number of nitrogen functional groups attached to an aromatic ring is 1. The molecule has 4 aromatic rings. The predicted octanol–water partition coefficient (Wildman–Crippen LogP) is 5.03. The van der Waals surface area contributed by atoms with E-state index in [2.05, 4.69) is 25.3 Å². The van der Waals surface area contributed by atoms with Gasteiger partial charge in [-0.1, -0.05) is 38.1 Å². The summed E-state index contributed by atoms with van der Waals surface area (Å²) in [6.45, 7) is 10.4. The van der Waals surface area contributed by atoms with Crippen molar-refractivity contribution in [2.45, 2.75) is 58.8 Å². The molecule has 0 aliphatic carbocycles. The lowest BCUT2D eigenvalue weighted by atomic mass is 9.80. The normalized spacial score (nSPS) is 13.7. The van der Waals surface area contributed by atoms with E-state index in [-0.39, 0.29) is 24.7 Å². The van der Waals surface area contributed by atoms with E-state index in [4.69, 9.17) is 24.9 Å². The van der Waals surface area contributed by atoms with Gasteiger partial charge in [0.1, 0.15) is 30.5 Å². The minimum absolute atomic E-state index is 0.0897. The molecule has 2 aromatic carbocycles. The maximum Gasteiger partial charge on any atom is 0.407 e. The molecule has 1 aliphatic rings. The summed E-state index contributed by atoms with van der Waals surface area (Å²) >= 11 is 0. The number of nitrogens with zero attached hydrogens (tertiary/aromatic N) is 6. The quantitative estimate of drug-likeness (QED) is 0.110. The monoisotopic (exact) mass is 665 g/mol. The van der Waals surface area contributed by atoms with E-state index in [0.29, 0.717) is 35.8 Å². The van der Waals surface area contributed by atoms with Gasteiger partial charge in [0.25, 0.3) is 0 Å². The Kier molecular flexibility index (Phi) is 9.84. The number of hydrogen-bond donors (Lipinski definition) is 3. The predicted molar refractivity (Wildman–Crippen MR) is 184 cm³/mol. The van der Waals surface area contributed by atoms with Crippen LogP contribution in [0.2, 0.25) is 0 Å². The molecular formula is C35H39N9O5. The van der Waals surface area contributed by atoms with Gasteiger partial charge in [0.05, 0.1) is 24.3 Å². The Bertz CT molecular complexity index is 1970. The van der Waals surface area contributed by atoms with Gasteiger partial charge >= 0.3 is 12.1 Å². The number of nitrogens with two attached hydrogens (primary N) is 1. The number of H-pyrrole nitrogens is 1. The second-order valence-corrected chi connectivity index (χ2v) is 13.0. The molecule has 3 heterocycles. The van der Waals surface area contributed by atoms with Gasteiger partial charge < -0.3 is 35.1 Å². The Hall–Kier alpha value is -5.97. The first-order valence-electron chi connectivity index (χ1n) is 15.6. The second kappa shape index (κ2) is 14.0. The van der Waals surface area contributed by atoms with Crippen molar-refractivity contribution >= 4 is 46.3 Å². The maximum atomic E-state index is 12.5. The SMILES string of the molecule is CN(CCOC(=O)NCc1ccc(COc2nc(N)nc3[nH]cnc23)cc1)c1ccc2c(c1)C(C)(C)C(/C=C(\C#N)C(=O)OC(C)(C)C)=N2. The van der Waals surface area contributed by atoms with Gasteiger partial charge in [-0.3, -0.25) is 4.99 Å². The van der Waals surface area contributed by atoms with Crippen molar-refractivity contribution in [2.75, 3.05) is 30.8 Å². The number of rotatable bonds is 11. The fourth-order valence-electron chi connectivity index (χ4n) is 5.05. The number of esters is 1. The molecule has 0 saturated carbocycles. The van der Waals surface area contributed by atoms with Crippen LogP contribution in [0.3, 0.4) is 0 Å². The molecule has 1 amide bonds. The standard InChI is InChI=1S/C35H39N9O5/c1-34(2,3)49-31(45)23(17-36)15-27-35(4,5)25-16-24(11-12-26(25)41-27)44(6)13-14-47-33(46)38-18-21-7-9-22(10-8-21)19-48-30-28-29(40-20-39-28)42-32(37)43-30/h7-12,15-16,20H,13-14,18-19H2,1-6H3,(H,38,46)(H3,37,39,40,42,43)/b23-15+. The lowest BCUT2D eigenvalue weighted by Crippen LogP contribution is -2.29. The summed E-state index contributed by atoms with van der Waals surface area (Å²) in [5.74, 6) is -0.298. The zero-order chi connectivity index (χ0) is 35.3. The number of allylic oxidation sites excluding steroid dienone is 1. The molecule has 14 heteroatoms. The van der Waals surface area contributed by atoms with E-state index in [0.717, 1.165) is 28.1 Å². The Balaban J connectivity index is 1.08. The molecule has 1 aliphatic heterocycles. The number of likely N-dealkylation sites (N-methyl/N-ethyl adjacent to an activating group) is 1. The van der Waals surface area contributed by atoms with Crippen LogP contribution in [0, 0.1) is 11.3 Å². The number of benzene rings is 2. The maximum absolute atomic E-state index is 12.5. The third-order valence-corrected chi connectivity index (χ3v) is 7.76. The number of fused-ring (bicyclic) bond motifs is 2. The molecule has 0 fully saturated rings. The summed E-state index contributed by atoms with van der Waals surface area (Å²) in [7, 11) is 1.91. The molecule has 0 spiro atoms. The number of aromatic nitrogens is 4. The minimum Gasteiger partial charge on any atom is -0.471 e. The van der Waals surface area contributed by atoms with Gasteiger partial charge in [0, 0.05) is 24.7 Å². The van der Waals surface area contributed by atoms with Crippen LogP contribution < -0.4 is 20.7 Å². The minimum atomic E-state index is -0.721. The molecule has 4 N–H and O–H groups in total. The number of amides is 1. The molecule has 49 heavy (non-hydrogen) atoms. The Morgan fingerprint density at radius 2 is 1.86 bits per heavy atom. The van der Waals surface area contributed by atoms with Crippen LogP contribution in [0.25, 0.3) is 11.2 Å². The summed E-state index contributed by atoms with van der Waals surface area (Å²) in [6.07, 6.45) is 2.48. The molecule has 0 bridgehead atoms. The lowest BCUT2D eigenvalue weighted by molar-refractivity contribution is -0.149. The van der Waals surface area contributed by atoms with Crippen LogP contribution in [-0.4, -0.2) is 63.5 Å². The number of hydrogen-bond acceptors (Lipinski definition) is 12. The van der Waals surface area contributed by atoms with Crippen LogP contribution >= 0.6 is 0 Å². The third-order valence-electron chi connectivity index (χ3n) is 7.76. The van der Waals surface area contributed by atoms with Crippen molar-refractivity contribution in [3.63, 3.8) is 0 Å². The summed E-state index contributed by atoms with van der Waals surface area (Å²) in [5, 5.41) is 12.4. The van der Waals surface area contributed by atoms with E-state index in [1.807, 2.05) is 74.3 Å². The van der Waals surface area contributed by atoms with E-state index in [9.17, 15) is 14.9 Å². The van der Waals surface area contributed by atoms with Gasteiger partial charge in [-0.2, -0.15) is 15.2 Å². The molecule has 0 radical (unpaired) electrons. The second-order valence-electron chi connectivity index (χ2n) is 13.0. The van der Waals surface area contributed by atoms with Crippen molar-refractivity contribution in [2.24, 2.45) is 4.99 Å². The molecule has 0 unspecified atom stereocenters. The summed E-state index contributed by atoms with van der Waals surface area (Å²) in [6, 6.07) is 15.4. The van der Waals surface area contributed by atoms with Gasteiger partial charge in [-0.05, 0) is 61.7 Å². The topological polar surface area (TPSA) is 194 Å². The van der Waals surface area contributed by atoms with Gasteiger partial charge in [0.2, 0.25) is 11.8 Å². The first-order valence-corrected chi connectivity index (χ1v) is 15.6. The number of alkyl carbamates (subject to hydrolysis) is 1. The Morgan fingerprint density at radius 1 is 1.12 bits per heavy atom. The van der Waals surface area contributed by atoms with Gasteiger partial charge in [-0.15, -0.1) is 0 Å². The van der Waals surface area contributed by atoms with Crippen molar-refractivity contribution in [1.29, 1.82) is 5.26 Å². The highest BCUT2D eigenvalue weighted by Crippen LogP contribution is 2.42. The van der Waals surface area contributed by atoms with Crippen LogP contribution in [0.4, 0.5) is 22.1 Å². The number of aliphatic imine (C=N–C) groups is 1. The smallest absolute Gasteiger partial charge is 0.407 e. The lowest BCUT2D eigenvalue weighted by Gasteiger charge is -2.24. The number of anilines is 2. The summed E-state index contributed by atoms with van der Waals surface area (Å²) in [5.41, 5.74) is 10.4. The molecule has 0 atom stereocenters. The fraction of sp³-hybridized carbons (Fsp3) is 0.343. The Labute approximate surface area is 284 Å². The Morgan fingerprint density at radius 3 is 2.57 bits per heavy atom. The molecule has 5 rings (SSSR count). The number of aromatic amines is 1. The number of imidazole rings is 1. The number of nitrogens with one attached hydrogen (secondary N) is 2. The summed E-state index contributed by atoms with van der Waals surface area (Å²) < 4.78 is 16.6. The number of ether oxygens (including phenoxy) is 3. The largest absolute Gasteiger partial charge is 0.471 e. The van der Waals surface area contributed by atoms with E-state index in [1.165, 1.54) is 12.4 Å². The molecule has 2 aromatic heterocycles. The van der Waals surface area contributed by atoms with Crippen molar-refractivity contribution in [3.05, 3.63) is 77.1 Å². The number of nitriles is 1.